The van der Waals surface area contributed by atoms with Crippen molar-refractivity contribution in [1.82, 2.24) is 0 Å². The van der Waals surface area contributed by atoms with E-state index in [0.717, 1.165) is 13.2 Å². The first kappa shape index (κ1) is 54.4. The normalized spacial score (nSPS) is 13.2. The number of nitro groups is 2. The number of anilines is 1. The molecule has 34 nitrogen and oxygen atoms in total. The Morgan fingerprint density at radius 3 is 1.44 bits per heavy atom. The van der Waals surface area contributed by atoms with Crippen molar-refractivity contribution in [3.8, 4) is 17.2 Å². The highest BCUT2D eigenvalue weighted by molar-refractivity contribution is 7.87. The summed E-state index contributed by atoms with van der Waals surface area (Å²) in [6.45, 7) is 0. The third kappa shape index (κ3) is 10.8. The number of nitro benzene ring substituents is 2. The van der Waals surface area contributed by atoms with Gasteiger partial charge in [0.05, 0.1) is 34.1 Å². The second-order valence-corrected chi connectivity index (χ2v) is 22.3. The second kappa shape index (κ2) is 18.6. The van der Waals surface area contributed by atoms with Crippen LogP contribution in [0.15, 0.2) is 121 Å². The molecular weight excluding hydrogens is 1110 g/mol. The van der Waals surface area contributed by atoms with Gasteiger partial charge in [0.2, 0.25) is 0 Å². The van der Waals surface area contributed by atoms with Crippen LogP contribution in [0.25, 0.3) is 21.5 Å². The highest BCUT2D eigenvalue weighted by Crippen LogP contribution is 2.50. The molecule has 6 rings (SSSR count). The molecular formula is C33H23N9O25S6. The lowest BCUT2D eigenvalue weighted by Crippen LogP contribution is -2.05. The van der Waals surface area contributed by atoms with Gasteiger partial charge in [-0.15, -0.1) is 30.7 Å². The molecule has 0 radical (unpaired) electrons. The van der Waals surface area contributed by atoms with Crippen LogP contribution in [-0.4, -0.2) is 105 Å². The predicted molar refractivity (Wildman–Crippen MR) is 240 cm³/mol. The van der Waals surface area contributed by atoms with E-state index in [4.69, 9.17) is 10.5 Å². The third-order valence-electron chi connectivity index (χ3n) is 9.52. The molecule has 6 aromatic rings. The zero-order valence-corrected chi connectivity index (χ0v) is 39.8. The second-order valence-electron chi connectivity index (χ2n) is 14.0. The van der Waals surface area contributed by atoms with Crippen LogP contribution in [0.2, 0.25) is 0 Å². The summed E-state index contributed by atoms with van der Waals surface area (Å²) >= 11 is 0. The van der Waals surface area contributed by atoms with E-state index in [-0.39, 0.29) is 12.1 Å². The first-order valence-electron chi connectivity index (χ1n) is 18.1. The van der Waals surface area contributed by atoms with Gasteiger partial charge in [0.25, 0.3) is 62.0 Å². The quantitative estimate of drug-likeness (QED) is 0.0200. The maximum absolute atomic E-state index is 12.9. The molecule has 0 aromatic heterocycles. The zero-order valence-electron chi connectivity index (χ0n) is 34.9. The van der Waals surface area contributed by atoms with E-state index in [2.05, 4.69) is 30.7 Å². The van der Waals surface area contributed by atoms with Crippen molar-refractivity contribution in [2.24, 2.45) is 30.7 Å². The average Bonchev–Trinajstić information content (AvgIpc) is 3.25. The monoisotopic (exact) mass is 1140 g/mol. The number of hydrogen-bond donors (Lipinski definition) is 9. The fourth-order valence-electron chi connectivity index (χ4n) is 6.47. The number of nitrogen functional groups attached to an aromatic ring is 1. The maximum atomic E-state index is 12.9. The summed E-state index contributed by atoms with van der Waals surface area (Å²) in [5.41, 5.74) is -3.45. The summed E-state index contributed by atoms with van der Waals surface area (Å²) in [5, 5.41) is 62.4. The van der Waals surface area contributed by atoms with Crippen LogP contribution >= 0.6 is 0 Å². The van der Waals surface area contributed by atoms with Crippen LogP contribution in [0.4, 0.5) is 51.2 Å². The first-order chi connectivity index (χ1) is 33.4. The van der Waals surface area contributed by atoms with Crippen LogP contribution in [-0.2, 0) is 60.7 Å². The molecule has 0 saturated carbocycles. The summed E-state index contributed by atoms with van der Waals surface area (Å²) < 4.78 is 215. The molecule has 0 spiro atoms. The van der Waals surface area contributed by atoms with Crippen LogP contribution in [0.1, 0.15) is 0 Å². The molecule has 386 valence electrons. The number of nitrogens with two attached hydrogens (primary N) is 1. The molecule has 0 aliphatic carbocycles. The Bertz CT molecular complexity index is 4280. The number of rotatable bonds is 15. The number of fused-ring (bicyclic) bond motifs is 2. The Hall–Kier alpha value is -7.90. The molecule has 0 atom stereocenters. The van der Waals surface area contributed by atoms with Crippen LogP contribution in [0.3, 0.4) is 0 Å². The van der Waals surface area contributed by atoms with E-state index in [1.165, 1.54) is 0 Å². The lowest BCUT2D eigenvalue weighted by atomic mass is 10.0. The van der Waals surface area contributed by atoms with E-state index in [0.29, 0.717) is 42.5 Å². The number of ether oxygens (including phenoxy) is 1. The first-order valence-corrected chi connectivity index (χ1v) is 26.7. The lowest BCUT2D eigenvalue weighted by Gasteiger charge is -2.15. The molecule has 73 heavy (non-hydrogen) atoms. The van der Waals surface area contributed by atoms with Gasteiger partial charge < -0.3 is 20.7 Å². The molecule has 0 saturated heterocycles. The molecule has 0 amide bonds. The Balaban J connectivity index is 1.61. The van der Waals surface area contributed by atoms with Gasteiger partial charge in [0.15, 0.2) is 22.1 Å². The molecule has 0 heterocycles. The summed E-state index contributed by atoms with van der Waals surface area (Å²) in [4.78, 5) is 11.8. The van der Waals surface area contributed by atoms with E-state index in [1.807, 2.05) is 0 Å². The minimum Gasteiger partial charge on any atom is -0.505 e. The van der Waals surface area contributed by atoms with Crippen molar-refractivity contribution in [2.45, 2.75) is 29.4 Å². The highest BCUT2D eigenvalue weighted by Gasteiger charge is 2.32. The van der Waals surface area contributed by atoms with Crippen molar-refractivity contribution in [3.05, 3.63) is 80.9 Å². The van der Waals surface area contributed by atoms with Gasteiger partial charge in [-0.2, -0.15) is 50.5 Å². The van der Waals surface area contributed by atoms with Crippen LogP contribution < -0.4 is 10.5 Å². The van der Waals surface area contributed by atoms with Crippen LogP contribution in [0, 0.1) is 20.2 Å². The van der Waals surface area contributed by atoms with Gasteiger partial charge >= 0.3 is 10.1 Å². The van der Waals surface area contributed by atoms with Crippen molar-refractivity contribution in [1.29, 1.82) is 0 Å². The number of hydrogen-bond acceptors (Lipinski definition) is 26. The van der Waals surface area contributed by atoms with Crippen molar-refractivity contribution in [3.63, 3.8) is 0 Å². The van der Waals surface area contributed by atoms with Crippen LogP contribution in [0.5, 0.6) is 17.2 Å². The SMILES string of the molecule is COc1cc([N+](=O)[O-])c(S(=O)(=O)O)cc1N=Nc1c(S(=O)(=O)O)cc2c(S(=O)(=O)O)cc(N=Nc3ccc4c(O)c(N=Nc5ccc([N+](=O)[O-])cc5S(=O)(=O)O)c(S(=O)(=O)O)cc4c3S(=O)(=O)O)c(N)c2c1O. The molecule has 6 aromatic carbocycles. The summed E-state index contributed by atoms with van der Waals surface area (Å²) in [5.74, 6) is -3.64. The standard InChI is InChI=1S/C33H23N9O25S6/c1-67-21-11-20(42(47)48)24(70(55,56)57)9-18(21)37-40-30-26(72(61,62)63)8-15-22(68(49,50)51)10-19(28(34)27(15)32(30)44)38-36-17-5-3-13-14(33(17)73(64,65)66)7-25(71(58,59)60)29(31(13)43)39-35-16-4-2-12(41(45)46)6-23(16)69(52,53)54/h2-11,43-44H,34H2,1H3,(H,49,50,51)(H,52,53,54)(H,55,56,57)(H,58,59,60)(H,61,62,63)(H,64,65,66). The smallest absolute Gasteiger partial charge is 0.301 e. The number of phenols is 2. The molecule has 10 N–H and O–H groups in total. The minimum absolute atomic E-state index is 0.248. The maximum Gasteiger partial charge on any atom is 0.301 e. The fourth-order valence-corrected chi connectivity index (χ4v) is 10.6. The number of azo groups is 3. The number of non-ortho nitro benzene ring substituents is 1. The van der Waals surface area contributed by atoms with Crippen molar-refractivity contribution in [2.75, 3.05) is 12.8 Å². The Labute approximate surface area is 405 Å². The number of benzene rings is 6. The van der Waals surface area contributed by atoms with Gasteiger partial charge in [-0.1, -0.05) is 0 Å². The summed E-state index contributed by atoms with van der Waals surface area (Å²) in [6, 6.07) is 4.50. The van der Waals surface area contributed by atoms with E-state index in [9.17, 15) is 108 Å². The molecule has 0 bridgehead atoms. The van der Waals surface area contributed by atoms with Gasteiger partial charge in [-0.3, -0.25) is 47.5 Å². The highest BCUT2D eigenvalue weighted by atomic mass is 32.2. The fraction of sp³-hybridized carbons (Fsp3) is 0.0303. The topological polar surface area (TPSA) is 562 Å². The van der Waals surface area contributed by atoms with Crippen molar-refractivity contribution < 1.29 is 103 Å². The largest absolute Gasteiger partial charge is 0.505 e. The molecule has 0 unspecified atom stereocenters. The number of nitrogens with zero attached hydrogens (tertiary/aromatic N) is 8. The minimum atomic E-state index is -5.75. The van der Waals surface area contributed by atoms with Gasteiger partial charge in [-0.05, 0) is 42.5 Å². The third-order valence-corrected chi connectivity index (χ3v) is 14.9. The molecule has 0 aliphatic heterocycles. The van der Waals surface area contributed by atoms with Gasteiger partial charge in [-0.25, -0.2) is 0 Å². The van der Waals surface area contributed by atoms with Crippen molar-refractivity contribution >= 4 is 133 Å². The lowest BCUT2D eigenvalue weighted by molar-refractivity contribution is -0.388. The van der Waals surface area contributed by atoms with E-state index in [1.54, 1.807) is 0 Å². The Morgan fingerprint density at radius 2 is 0.945 bits per heavy atom. The zero-order chi connectivity index (χ0) is 54.9. The summed E-state index contributed by atoms with van der Waals surface area (Å²) in [6.07, 6.45) is 0. The average molecular weight is 1140 g/mol. The van der Waals surface area contributed by atoms with E-state index < -0.39 is 190 Å². The summed E-state index contributed by atoms with van der Waals surface area (Å²) in [7, 11) is -32.6. The number of methoxy groups -OCH3 is 1. The van der Waals surface area contributed by atoms with E-state index >= 15 is 0 Å². The van der Waals surface area contributed by atoms with Gasteiger partial charge in [0.1, 0.15) is 58.6 Å². The molecule has 0 aliphatic rings. The number of phenolic OH excluding ortho intramolecular Hbond substituents is 2. The number of aromatic hydroxyl groups is 2. The van der Waals surface area contributed by atoms with Gasteiger partial charge in [0, 0.05) is 28.3 Å². The molecule has 40 heteroatoms. The predicted octanol–water partition coefficient (Wildman–Crippen LogP) is 5.54. The Morgan fingerprint density at radius 1 is 0.479 bits per heavy atom. The Kier molecular flexibility index (Phi) is 13.9. The molecule has 0 fully saturated rings.